The SMILES string of the molecule is Cc1nnc(-c2ccc(-c3ccc4c(c3)C[C@H]3[C@H](CO[PH](O)(O)O)OC(=O)N43)cn2)o1. The molecule has 1 saturated heterocycles. The van der Waals surface area contributed by atoms with Crippen molar-refractivity contribution in [2.24, 2.45) is 0 Å². The van der Waals surface area contributed by atoms with Gasteiger partial charge in [0.05, 0.1) is 0 Å². The first-order valence-corrected chi connectivity index (χ1v) is 11.2. The maximum absolute atomic E-state index is 12.3. The molecular formula is C19H19N4O7P. The molecule has 2 aliphatic rings. The van der Waals surface area contributed by atoms with Crippen molar-refractivity contribution in [1.82, 2.24) is 15.2 Å². The number of nitrogens with zero attached hydrogens (tertiary/aromatic N) is 4. The molecule has 12 heteroatoms. The van der Waals surface area contributed by atoms with Gasteiger partial charge in [-0.25, -0.2) is 0 Å². The Morgan fingerprint density at radius 1 is 1.19 bits per heavy atom. The van der Waals surface area contributed by atoms with Crippen molar-refractivity contribution in [3.05, 3.63) is 48.0 Å². The van der Waals surface area contributed by atoms with E-state index in [1.165, 1.54) is 4.90 Å². The summed E-state index contributed by atoms with van der Waals surface area (Å²) in [5.74, 6) is 0.818. The summed E-state index contributed by atoms with van der Waals surface area (Å²) in [5.41, 5.74) is 4.06. The Balaban J connectivity index is 1.37. The number of cyclic esters (lactones) is 1. The van der Waals surface area contributed by atoms with E-state index in [0.29, 0.717) is 23.9 Å². The summed E-state index contributed by atoms with van der Waals surface area (Å²) < 4.78 is 15.4. The molecule has 0 unspecified atom stereocenters. The smallest absolute Gasteiger partial charge is 0.420 e. The topological polar surface area (TPSA) is 151 Å². The van der Waals surface area contributed by atoms with Gasteiger partial charge < -0.3 is 4.42 Å². The van der Waals surface area contributed by atoms with Gasteiger partial charge in [-0.1, -0.05) is 0 Å². The van der Waals surface area contributed by atoms with E-state index in [1.54, 1.807) is 19.2 Å². The van der Waals surface area contributed by atoms with Crippen LogP contribution in [0.4, 0.5) is 10.5 Å². The molecule has 2 aromatic heterocycles. The number of anilines is 1. The number of aromatic nitrogens is 3. The van der Waals surface area contributed by atoms with E-state index in [-0.39, 0.29) is 12.6 Å². The number of ether oxygens (including phenoxy) is 1. The molecule has 0 aliphatic carbocycles. The molecule has 11 nitrogen and oxygen atoms in total. The molecule has 0 bridgehead atoms. The van der Waals surface area contributed by atoms with Gasteiger partial charge in [0, 0.05) is 6.92 Å². The van der Waals surface area contributed by atoms with Crippen molar-refractivity contribution < 1.29 is 33.2 Å². The van der Waals surface area contributed by atoms with Crippen LogP contribution in [0.15, 0.2) is 40.9 Å². The number of carbonyl (C=O) groups is 1. The predicted octanol–water partition coefficient (Wildman–Crippen LogP) is 1.76. The molecule has 2 atom stereocenters. The number of hydrogen-bond donors (Lipinski definition) is 3. The molecule has 3 aromatic rings. The Labute approximate surface area is 176 Å². The van der Waals surface area contributed by atoms with Crippen LogP contribution in [0.5, 0.6) is 0 Å². The van der Waals surface area contributed by atoms with Crippen LogP contribution in [-0.2, 0) is 15.7 Å². The molecule has 2 aliphatic heterocycles. The van der Waals surface area contributed by atoms with E-state index in [1.807, 2.05) is 24.3 Å². The summed E-state index contributed by atoms with van der Waals surface area (Å²) in [5, 5.41) is 7.76. The van der Waals surface area contributed by atoms with Gasteiger partial charge in [0.2, 0.25) is 5.89 Å². The molecule has 3 N–H and O–H groups in total. The van der Waals surface area contributed by atoms with Crippen molar-refractivity contribution in [2.75, 3.05) is 11.5 Å². The summed E-state index contributed by atoms with van der Waals surface area (Å²) in [4.78, 5) is 45.5. The van der Waals surface area contributed by atoms with E-state index in [4.69, 9.17) is 23.8 Å². The van der Waals surface area contributed by atoms with E-state index < -0.39 is 20.4 Å². The van der Waals surface area contributed by atoms with Gasteiger partial charge in [-0.3, -0.25) is 0 Å². The standard InChI is InChI=1S/C19H19N4O7P/c1-10-21-22-18(29-10)14-4-2-12(8-20-14)11-3-5-15-13(6-11)7-16-17(9-28-31(25,26)27)30-19(24)23(15)16/h2-6,8,16-17,25-27,31H,7,9H2,1H3/t16-,17-/m0/s1. The average Bonchev–Trinajstić information content (AvgIpc) is 3.41. The number of pyridine rings is 1. The summed E-state index contributed by atoms with van der Waals surface area (Å²) in [6.07, 6.45) is 0.963. The van der Waals surface area contributed by atoms with Gasteiger partial charge in [-0.2, -0.15) is 0 Å². The number of carbonyl (C=O) groups excluding carboxylic acids is 1. The van der Waals surface area contributed by atoms with E-state index in [2.05, 4.69) is 19.7 Å². The van der Waals surface area contributed by atoms with Crippen molar-refractivity contribution in [3.63, 3.8) is 0 Å². The second kappa shape index (κ2) is 7.33. The van der Waals surface area contributed by atoms with Crippen LogP contribution < -0.4 is 4.90 Å². The number of rotatable bonds is 5. The minimum atomic E-state index is -4.68. The number of benzene rings is 1. The molecule has 1 fully saturated rings. The minimum Gasteiger partial charge on any atom is -0.420 e. The van der Waals surface area contributed by atoms with E-state index in [9.17, 15) is 4.79 Å². The molecule has 1 amide bonds. The Morgan fingerprint density at radius 2 is 2.00 bits per heavy atom. The average molecular weight is 446 g/mol. The fraction of sp³-hybridized carbons (Fsp3) is 0.263. The van der Waals surface area contributed by atoms with E-state index in [0.717, 1.165) is 22.4 Å². The third-order valence-electron chi connectivity index (χ3n) is 5.26. The quantitative estimate of drug-likeness (QED) is 0.495. The summed E-state index contributed by atoms with van der Waals surface area (Å²) >= 11 is 0. The van der Waals surface area contributed by atoms with Crippen LogP contribution in [0.25, 0.3) is 22.7 Å². The van der Waals surface area contributed by atoms with Crippen molar-refractivity contribution in [3.8, 4) is 22.7 Å². The Morgan fingerprint density at radius 3 is 2.68 bits per heavy atom. The molecule has 31 heavy (non-hydrogen) atoms. The van der Waals surface area contributed by atoms with Crippen LogP contribution in [0.1, 0.15) is 11.5 Å². The van der Waals surface area contributed by atoms with Crippen LogP contribution in [0.2, 0.25) is 0 Å². The summed E-state index contributed by atoms with van der Waals surface area (Å²) in [7, 11) is -4.68. The molecule has 0 spiro atoms. The van der Waals surface area contributed by atoms with Gasteiger partial charge in [0.15, 0.2) is 0 Å². The molecule has 162 valence electrons. The summed E-state index contributed by atoms with van der Waals surface area (Å²) in [6, 6.07) is 9.06. The predicted molar refractivity (Wildman–Crippen MR) is 109 cm³/mol. The fourth-order valence-electron chi connectivity index (χ4n) is 3.89. The Bertz CT molecular complexity index is 1140. The zero-order valence-corrected chi connectivity index (χ0v) is 17.3. The molecule has 1 aromatic carbocycles. The van der Waals surface area contributed by atoms with Gasteiger partial charge in [-0.05, 0) is 0 Å². The third-order valence-corrected chi connectivity index (χ3v) is 5.81. The first-order chi connectivity index (χ1) is 14.8. The second-order valence-electron chi connectivity index (χ2n) is 7.35. The monoisotopic (exact) mass is 446 g/mol. The summed E-state index contributed by atoms with van der Waals surface area (Å²) in [6.45, 7) is 1.41. The fourth-order valence-corrected chi connectivity index (χ4v) is 4.27. The van der Waals surface area contributed by atoms with Crippen LogP contribution in [-0.4, -0.2) is 54.7 Å². The zero-order chi connectivity index (χ0) is 21.8. The molecule has 5 rings (SSSR count). The Kier molecular flexibility index (Phi) is 4.72. The number of fused-ring (bicyclic) bond motifs is 3. The van der Waals surface area contributed by atoms with Crippen LogP contribution in [0.3, 0.4) is 0 Å². The zero-order valence-electron chi connectivity index (χ0n) is 16.3. The second-order valence-corrected chi connectivity index (χ2v) is 8.79. The van der Waals surface area contributed by atoms with Gasteiger partial charge in [0.1, 0.15) is 0 Å². The number of aryl methyl sites for hydroxylation is 1. The van der Waals surface area contributed by atoms with Crippen LogP contribution in [0, 0.1) is 6.92 Å². The molecule has 4 heterocycles. The van der Waals surface area contributed by atoms with Crippen molar-refractivity contribution in [2.45, 2.75) is 25.5 Å². The normalized spacial score (nSPS) is 20.5. The first kappa shape index (κ1) is 20.0. The molecular weight excluding hydrogens is 427 g/mol. The third kappa shape index (κ3) is 3.78. The van der Waals surface area contributed by atoms with Gasteiger partial charge in [0.25, 0.3) is 5.89 Å². The van der Waals surface area contributed by atoms with Crippen LogP contribution >= 0.6 is 8.17 Å². The van der Waals surface area contributed by atoms with Gasteiger partial charge >= 0.3 is 143 Å². The number of hydrogen-bond acceptors (Lipinski definition) is 10. The van der Waals surface area contributed by atoms with Crippen molar-refractivity contribution >= 4 is 20.0 Å². The Hall–Kier alpha value is -2.95. The maximum atomic E-state index is 12.3. The molecule has 0 saturated carbocycles. The van der Waals surface area contributed by atoms with Crippen molar-refractivity contribution in [1.29, 1.82) is 0 Å². The minimum absolute atomic E-state index is 0.302. The maximum Gasteiger partial charge on any atom is -0.420 e. The van der Waals surface area contributed by atoms with E-state index >= 15 is 0 Å². The van der Waals surface area contributed by atoms with Gasteiger partial charge in [-0.15, -0.1) is 10.2 Å². The number of amides is 1. The molecule has 0 radical (unpaired) electrons. The first-order valence-electron chi connectivity index (χ1n) is 9.49. The largest absolute Gasteiger partial charge is 0.420 e.